The summed E-state index contributed by atoms with van der Waals surface area (Å²) in [6.07, 6.45) is 2.13. The van der Waals surface area contributed by atoms with Crippen molar-refractivity contribution in [1.29, 1.82) is 0 Å². The summed E-state index contributed by atoms with van der Waals surface area (Å²) in [5.74, 6) is -0.227. The van der Waals surface area contributed by atoms with Crippen LogP contribution < -0.4 is 4.57 Å². The van der Waals surface area contributed by atoms with Gasteiger partial charge in [-0.15, -0.1) is 0 Å². The number of hydrogen-bond donors (Lipinski definition) is 0. The highest BCUT2D eigenvalue weighted by Gasteiger charge is 2.20. The average Bonchev–Trinajstić information content (AvgIpc) is 3.14. The fourth-order valence-electron chi connectivity index (χ4n) is 5.33. The molecule has 0 atom stereocenters. The van der Waals surface area contributed by atoms with Gasteiger partial charge in [0.1, 0.15) is 12.9 Å². The van der Waals surface area contributed by atoms with Crippen molar-refractivity contribution in [2.24, 2.45) is 7.05 Å². The van der Waals surface area contributed by atoms with Crippen LogP contribution in [0.5, 0.6) is 0 Å². The molecule has 166 valence electrons. The third-order valence-electron chi connectivity index (χ3n) is 7.08. The van der Waals surface area contributed by atoms with Crippen LogP contribution in [0.15, 0.2) is 85.1 Å². The zero-order valence-electron chi connectivity index (χ0n) is 19.9. The molecule has 0 aliphatic carbocycles. The Hall–Kier alpha value is -3.98. The molecule has 6 aromatic rings. The standard InChI is InChI=1S/C31H26FN2/c1-19-15-20(2)21(3)27(16-19)31-28-18-24(11-9-22(28)13-14-33(31)4)34-29-8-6-5-7-25(29)26-12-10-23(32)17-30(26)34/h5-18H,1-4H3/q+1. The van der Waals surface area contributed by atoms with Crippen LogP contribution in [0.2, 0.25) is 0 Å². The van der Waals surface area contributed by atoms with E-state index < -0.39 is 0 Å². The summed E-state index contributed by atoms with van der Waals surface area (Å²) in [7, 11) is 2.11. The lowest BCUT2D eigenvalue weighted by Crippen LogP contribution is -2.30. The fourth-order valence-corrected chi connectivity index (χ4v) is 5.33. The second-order valence-corrected chi connectivity index (χ2v) is 9.32. The Morgan fingerprint density at radius 1 is 0.735 bits per heavy atom. The molecule has 0 spiro atoms. The highest BCUT2D eigenvalue weighted by molar-refractivity contribution is 6.09. The summed E-state index contributed by atoms with van der Waals surface area (Å²) in [5.41, 5.74) is 9.26. The van der Waals surface area contributed by atoms with Crippen LogP contribution >= 0.6 is 0 Å². The lowest BCUT2D eigenvalue weighted by molar-refractivity contribution is -0.659. The summed E-state index contributed by atoms with van der Waals surface area (Å²) in [5, 5.41) is 4.54. The number of benzene rings is 4. The zero-order valence-corrected chi connectivity index (χ0v) is 19.9. The number of fused-ring (bicyclic) bond motifs is 4. The Balaban J connectivity index is 1.72. The van der Waals surface area contributed by atoms with E-state index in [-0.39, 0.29) is 5.82 Å². The first kappa shape index (κ1) is 20.6. The predicted molar refractivity (Wildman–Crippen MR) is 139 cm³/mol. The smallest absolute Gasteiger partial charge is 0.220 e. The van der Waals surface area contributed by atoms with Crippen molar-refractivity contribution in [1.82, 2.24) is 4.57 Å². The van der Waals surface area contributed by atoms with E-state index in [1.54, 1.807) is 12.1 Å². The van der Waals surface area contributed by atoms with Crippen LogP contribution in [0.3, 0.4) is 0 Å². The first-order valence-corrected chi connectivity index (χ1v) is 11.6. The summed E-state index contributed by atoms with van der Waals surface area (Å²) < 4.78 is 18.7. The van der Waals surface area contributed by atoms with E-state index in [2.05, 4.69) is 91.7 Å². The maximum absolute atomic E-state index is 14.4. The Kier molecular flexibility index (Phi) is 4.56. The van der Waals surface area contributed by atoms with E-state index in [0.29, 0.717) is 0 Å². The Labute approximate surface area is 198 Å². The first-order chi connectivity index (χ1) is 16.4. The number of nitrogens with zero attached hydrogens (tertiary/aromatic N) is 2. The molecule has 4 aromatic carbocycles. The molecule has 2 aromatic heterocycles. The van der Waals surface area contributed by atoms with Crippen molar-refractivity contribution in [3.63, 3.8) is 0 Å². The van der Waals surface area contributed by atoms with Crippen LogP contribution in [0.4, 0.5) is 4.39 Å². The Bertz CT molecular complexity index is 1760. The average molecular weight is 446 g/mol. The van der Waals surface area contributed by atoms with Gasteiger partial charge in [-0.25, -0.2) is 8.96 Å². The Morgan fingerprint density at radius 3 is 2.38 bits per heavy atom. The quantitative estimate of drug-likeness (QED) is 0.244. The molecule has 2 heterocycles. The van der Waals surface area contributed by atoms with E-state index in [1.807, 2.05) is 18.2 Å². The third-order valence-corrected chi connectivity index (χ3v) is 7.08. The molecule has 3 heteroatoms. The molecule has 0 bridgehead atoms. The van der Waals surface area contributed by atoms with Crippen molar-refractivity contribution in [3.05, 3.63) is 108 Å². The van der Waals surface area contributed by atoms with Gasteiger partial charge in [0.05, 0.1) is 22.0 Å². The number of aromatic nitrogens is 2. The minimum atomic E-state index is -0.227. The highest BCUT2D eigenvalue weighted by atomic mass is 19.1. The van der Waals surface area contributed by atoms with E-state index in [0.717, 1.165) is 27.5 Å². The predicted octanol–water partition coefficient (Wildman–Crippen LogP) is 7.49. The Morgan fingerprint density at radius 2 is 1.53 bits per heavy atom. The highest BCUT2D eigenvalue weighted by Crippen LogP contribution is 2.35. The van der Waals surface area contributed by atoms with Gasteiger partial charge in [0, 0.05) is 22.5 Å². The monoisotopic (exact) mass is 445 g/mol. The summed E-state index contributed by atoms with van der Waals surface area (Å²) in [6, 6.07) is 26.6. The van der Waals surface area contributed by atoms with Gasteiger partial charge in [0.25, 0.3) is 0 Å². The minimum Gasteiger partial charge on any atom is -0.309 e. The molecule has 0 N–H and O–H groups in total. The summed E-state index contributed by atoms with van der Waals surface area (Å²) in [6.45, 7) is 6.52. The van der Waals surface area contributed by atoms with E-state index in [1.165, 1.54) is 38.7 Å². The normalized spacial score (nSPS) is 11.7. The largest absolute Gasteiger partial charge is 0.309 e. The van der Waals surface area contributed by atoms with Crippen molar-refractivity contribution in [2.75, 3.05) is 0 Å². The number of hydrogen-bond acceptors (Lipinski definition) is 0. The lowest BCUT2D eigenvalue weighted by Gasteiger charge is -2.13. The fraction of sp³-hybridized carbons (Fsp3) is 0.129. The molecule has 0 aliphatic heterocycles. The van der Waals surface area contributed by atoms with E-state index >= 15 is 0 Å². The van der Waals surface area contributed by atoms with Crippen LogP contribution in [0.1, 0.15) is 16.7 Å². The van der Waals surface area contributed by atoms with E-state index in [4.69, 9.17) is 0 Å². The number of halogens is 1. The molecule has 0 saturated carbocycles. The van der Waals surface area contributed by atoms with E-state index in [9.17, 15) is 4.39 Å². The maximum atomic E-state index is 14.4. The third kappa shape index (κ3) is 3.04. The SMILES string of the molecule is Cc1cc(C)c(C)c(-c2c3cc(-n4c5ccccc5c5ccc(F)cc54)ccc3cc[n+]2C)c1. The van der Waals surface area contributed by atoms with Gasteiger partial charge in [-0.05, 0) is 79.7 Å². The number of aryl methyl sites for hydroxylation is 3. The second-order valence-electron chi connectivity index (χ2n) is 9.32. The number of pyridine rings is 1. The van der Waals surface area contributed by atoms with Gasteiger partial charge < -0.3 is 4.57 Å². The van der Waals surface area contributed by atoms with Gasteiger partial charge in [0.15, 0.2) is 6.20 Å². The molecule has 0 fully saturated rings. The maximum Gasteiger partial charge on any atom is 0.220 e. The molecule has 0 amide bonds. The van der Waals surface area contributed by atoms with Crippen molar-refractivity contribution >= 4 is 32.6 Å². The van der Waals surface area contributed by atoms with Gasteiger partial charge in [-0.3, -0.25) is 0 Å². The molecule has 0 radical (unpaired) electrons. The second kappa shape index (κ2) is 7.53. The molecule has 0 saturated heterocycles. The van der Waals surface area contributed by atoms with Gasteiger partial charge in [-0.2, -0.15) is 0 Å². The van der Waals surface area contributed by atoms with Gasteiger partial charge in [-0.1, -0.05) is 35.9 Å². The van der Waals surface area contributed by atoms with Gasteiger partial charge in [0.2, 0.25) is 5.69 Å². The van der Waals surface area contributed by atoms with Crippen LogP contribution in [0.25, 0.3) is 49.5 Å². The van der Waals surface area contributed by atoms with Crippen molar-refractivity contribution in [2.45, 2.75) is 20.8 Å². The molecular weight excluding hydrogens is 419 g/mol. The molecule has 2 nitrogen and oxygen atoms in total. The first-order valence-electron chi connectivity index (χ1n) is 11.6. The van der Waals surface area contributed by atoms with Crippen LogP contribution in [-0.4, -0.2) is 4.57 Å². The lowest BCUT2D eigenvalue weighted by atomic mass is 9.94. The topological polar surface area (TPSA) is 8.81 Å². The van der Waals surface area contributed by atoms with Gasteiger partial charge >= 0.3 is 0 Å². The van der Waals surface area contributed by atoms with Crippen LogP contribution in [0, 0.1) is 26.6 Å². The molecular formula is C31H26FN2+. The minimum absolute atomic E-state index is 0.227. The van der Waals surface area contributed by atoms with Crippen LogP contribution in [-0.2, 0) is 7.05 Å². The molecule has 0 aliphatic rings. The molecule has 0 unspecified atom stereocenters. The van der Waals surface area contributed by atoms with Crippen molar-refractivity contribution in [3.8, 4) is 16.9 Å². The van der Waals surface area contributed by atoms with Crippen molar-refractivity contribution < 1.29 is 8.96 Å². The summed E-state index contributed by atoms with van der Waals surface area (Å²) >= 11 is 0. The summed E-state index contributed by atoms with van der Waals surface area (Å²) in [4.78, 5) is 0. The zero-order chi connectivity index (χ0) is 23.6. The molecule has 34 heavy (non-hydrogen) atoms. The number of para-hydroxylation sites is 1. The number of rotatable bonds is 2. The molecule has 6 rings (SSSR count).